The maximum absolute atomic E-state index is 11.5. The van der Waals surface area contributed by atoms with E-state index in [4.69, 9.17) is 9.52 Å². The molecule has 0 radical (unpaired) electrons. The number of aromatic nitrogens is 2. The molecule has 2 aromatic heterocycles. The average molecular weight is 280 g/mol. The standard InChI is InChI=1S/C11H12N4O5/c16-4-3-12-11(17)10-2-1-9(20-10)7-14-6-8(5-13-14)15(18)19/h1-2,5-6,16H,3-4,7H2,(H,12,17). The number of hydrogen-bond acceptors (Lipinski definition) is 6. The van der Waals surface area contributed by atoms with Gasteiger partial charge in [0.05, 0.1) is 18.1 Å². The fourth-order valence-electron chi connectivity index (χ4n) is 1.53. The van der Waals surface area contributed by atoms with Gasteiger partial charge in [-0.3, -0.25) is 19.6 Å². The van der Waals surface area contributed by atoms with Gasteiger partial charge in [-0.25, -0.2) is 0 Å². The molecule has 2 N–H and O–H groups in total. The summed E-state index contributed by atoms with van der Waals surface area (Å²) < 4.78 is 6.63. The van der Waals surface area contributed by atoms with Crippen LogP contribution in [0.1, 0.15) is 16.3 Å². The first-order valence-corrected chi connectivity index (χ1v) is 5.75. The Hall–Kier alpha value is -2.68. The maximum atomic E-state index is 11.5. The van der Waals surface area contributed by atoms with Crippen molar-refractivity contribution in [1.82, 2.24) is 15.1 Å². The van der Waals surface area contributed by atoms with Crippen molar-refractivity contribution in [3.05, 3.63) is 46.2 Å². The molecule has 1 amide bonds. The van der Waals surface area contributed by atoms with Crippen molar-refractivity contribution < 1.29 is 19.2 Å². The molecular weight excluding hydrogens is 268 g/mol. The quantitative estimate of drug-likeness (QED) is 0.573. The minimum atomic E-state index is -0.542. The van der Waals surface area contributed by atoms with E-state index in [0.29, 0.717) is 5.76 Å². The lowest BCUT2D eigenvalue weighted by atomic mass is 10.4. The summed E-state index contributed by atoms with van der Waals surface area (Å²) in [6, 6.07) is 3.07. The van der Waals surface area contributed by atoms with E-state index in [1.165, 1.54) is 16.9 Å². The second-order valence-corrected chi connectivity index (χ2v) is 3.90. The number of hydrogen-bond donors (Lipinski definition) is 2. The first-order chi connectivity index (χ1) is 9.60. The van der Waals surface area contributed by atoms with E-state index in [1.807, 2.05) is 0 Å². The molecule has 0 bridgehead atoms. The van der Waals surface area contributed by atoms with Gasteiger partial charge in [0.15, 0.2) is 5.76 Å². The van der Waals surface area contributed by atoms with Gasteiger partial charge in [-0.1, -0.05) is 0 Å². The van der Waals surface area contributed by atoms with Gasteiger partial charge in [0, 0.05) is 6.54 Å². The third kappa shape index (κ3) is 3.20. The number of furan rings is 1. The summed E-state index contributed by atoms with van der Waals surface area (Å²) in [4.78, 5) is 21.5. The molecule has 2 rings (SSSR count). The molecule has 0 fully saturated rings. The number of aliphatic hydroxyl groups is 1. The number of nitrogens with zero attached hydrogens (tertiary/aromatic N) is 3. The topological polar surface area (TPSA) is 123 Å². The highest BCUT2D eigenvalue weighted by molar-refractivity contribution is 5.91. The van der Waals surface area contributed by atoms with Crippen LogP contribution in [-0.4, -0.2) is 38.9 Å². The number of carbonyl (C=O) groups is 1. The van der Waals surface area contributed by atoms with Crippen molar-refractivity contribution in [1.29, 1.82) is 0 Å². The molecular formula is C11H12N4O5. The highest BCUT2D eigenvalue weighted by Crippen LogP contribution is 2.12. The predicted octanol–water partition coefficient (Wildman–Crippen LogP) is 0.155. The monoisotopic (exact) mass is 280 g/mol. The molecule has 9 nitrogen and oxygen atoms in total. The third-order valence-electron chi connectivity index (χ3n) is 2.43. The van der Waals surface area contributed by atoms with Crippen LogP contribution in [0, 0.1) is 10.1 Å². The SMILES string of the molecule is O=C(NCCO)c1ccc(Cn2cc([N+](=O)[O-])cn2)o1. The average Bonchev–Trinajstić information content (AvgIpc) is 3.05. The van der Waals surface area contributed by atoms with Gasteiger partial charge >= 0.3 is 5.69 Å². The number of nitro groups is 1. The number of carbonyl (C=O) groups excluding carboxylic acids is 1. The molecule has 106 valence electrons. The minimum Gasteiger partial charge on any atom is -0.454 e. The van der Waals surface area contributed by atoms with Crippen molar-refractivity contribution in [2.45, 2.75) is 6.54 Å². The Balaban J connectivity index is 2.01. The summed E-state index contributed by atoms with van der Waals surface area (Å²) in [7, 11) is 0. The molecule has 0 atom stereocenters. The third-order valence-corrected chi connectivity index (χ3v) is 2.43. The van der Waals surface area contributed by atoms with E-state index < -0.39 is 10.8 Å². The summed E-state index contributed by atoms with van der Waals surface area (Å²) in [6.07, 6.45) is 2.41. The summed E-state index contributed by atoms with van der Waals surface area (Å²) >= 11 is 0. The first kappa shape index (κ1) is 13.7. The van der Waals surface area contributed by atoms with Crippen LogP contribution in [0.4, 0.5) is 5.69 Å². The summed E-state index contributed by atoms with van der Waals surface area (Å²) in [6.45, 7) is 0.164. The van der Waals surface area contributed by atoms with Gasteiger partial charge in [-0.05, 0) is 12.1 Å². The van der Waals surface area contributed by atoms with E-state index in [2.05, 4.69) is 10.4 Å². The Kier molecular flexibility index (Phi) is 4.11. The van der Waals surface area contributed by atoms with Crippen LogP contribution in [0.2, 0.25) is 0 Å². The lowest BCUT2D eigenvalue weighted by Crippen LogP contribution is -2.25. The fraction of sp³-hybridized carbons (Fsp3) is 0.273. The van der Waals surface area contributed by atoms with Crippen LogP contribution in [0.25, 0.3) is 0 Å². The molecule has 0 spiro atoms. The molecule has 0 saturated heterocycles. The van der Waals surface area contributed by atoms with Crippen LogP contribution >= 0.6 is 0 Å². The lowest BCUT2D eigenvalue weighted by molar-refractivity contribution is -0.385. The zero-order valence-corrected chi connectivity index (χ0v) is 10.4. The number of rotatable bonds is 6. The second kappa shape index (κ2) is 5.97. The maximum Gasteiger partial charge on any atom is 0.307 e. The largest absolute Gasteiger partial charge is 0.454 e. The first-order valence-electron chi connectivity index (χ1n) is 5.75. The van der Waals surface area contributed by atoms with E-state index in [9.17, 15) is 14.9 Å². The fourth-order valence-corrected chi connectivity index (χ4v) is 1.53. The van der Waals surface area contributed by atoms with E-state index in [1.54, 1.807) is 6.07 Å². The smallest absolute Gasteiger partial charge is 0.307 e. The number of amides is 1. The zero-order chi connectivity index (χ0) is 14.5. The minimum absolute atomic E-state index is 0.107. The molecule has 0 aromatic carbocycles. The molecule has 0 aliphatic heterocycles. The highest BCUT2D eigenvalue weighted by atomic mass is 16.6. The number of nitrogens with one attached hydrogen (secondary N) is 1. The molecule has 2 aromatic rings. The van der Waals surface area contributed by atoms with Crippen molar-refractivity contribution in [3.63, 3.8) is 0 Å². The highest BCUT2D eigenvalue weighted by Gasteiger charge is 2.13. The summed E-state index contributed by atoms with van der Waals surface area (Å²) in [5.41, 5.74) is -0.113. The zero-order valence-electron chi connectivity index (χ0n) is 10.4. The number of aliphatic hydroxyl groups excluding tert-OH is 1. The Morgan fingerprint density at radius 1 is 1.55 bits per heavy atom. The van der Waals surface area contributed by atoms with Crippen molar-refractivity contribution >= 4 is 11.6 Å². The Morgan fingerprint density at radius 3 is 3.00 bits per heavy atom. The van der Waals surface area contributed by atoms with Gasteiger partial charge in [0.2, 0.25) is 0 Å². The van der Waals surface area contributed by atoms with Crippen LogP contribution in [0.3, 0.4) is 0 Å². The van der Waals surface area contributed by atoms with Crippen LogP contribution < -0.4 is 5.32 Å². The predicted molar refractivity (Wildman–Crippen MR) is 66.1 cm³/mol. The van der Waals surface area contributed by atoms with Gasteiger partial charge in [0.1, 0.15) is 18.2 Å². The summed E-state index contributed by atoms with van der Waals surface area (Å²) in [5, 5.41) is 25.4. The summed E-state index contributed by atoms with van der Waals surface area (Å²) in [5.74, 6) is 0.115. The van der Waals surface area contributed by atoms with E-state index in [0.717, 1.165) is 6.20 Å². The van der Waals surface area contributed by atoms with Crippen LogP contribution in [0.5, 0.6) is 0 Å². The van der Waals surface area contributed by atoms with Gasteiger partial charge in [-0.15, -0.1) is 0 Å². The molecule has 20 heavy (non-hydrogen) atoms. The molecule has 9 heteroatoms. The van der Waals surface area contributed by atoms with Crippen LogP contribution in [-0.2, 0) is 6.54 Å². The molecule has 2 heterocycles. The normalized spacial score (nSPS) is 10.4. The second-order valence-electron chi connectivity index (χ2n) is 3.90. The van der Waals surface area contributed by atoms with Crippen molar-refractivity contribution in [2.75, 3.05) is 13.2 Å². The lowest BCUT2D eigenvalue weighted by Gasteiger charge is -1.99. The van der Waals surface area contributed by atoms with E-state index >= 15 is 0 Å². The Bertz CT molecular complexity index is 618. The van der Waals surface area contributed by atoms with Gasteiger partial charge < -0.3 is 14.8 Å². The van der Waals surface area contributed by atoms with Crippen LogP contribution in [0.15, 0.2) is 28.9 Å². The van der Waals surface area contributed by atoms with E-state index in [-0.39, 0.29) is 31.1 Å². The van der Waals surface area contributed by atoms with Crippen molar-refractivity contribution in [2.24, 2.45) is 0 Å². The van der Waals surface area contributed by atoms with Gasteiger partial charge in [-0.2, -0.15) is 5.10 Å². The Labute approximate surface area is 113 Å². The van der Waals surface area contributed by atoms with Gasteiger partial charge in [0.25, 0.3) is 5.91 Å². The molecule has 0 saturated carbocycles. The molecule has 0 aliphatic rings. The van der Waals surface area contributed by atoms with Crippen molar-refractivity contribution in [3.8, 4) is 0 Å². The molecule has 0 aliphatic carbocycles. The molecule has 0 unspecified atom stereocenters. The Morgan fingerprint density at radius 2 is 2.35 bits per heavy atom.